The first kappa shape index (κ1) is 19.8. The first-order valence-corrected chi connectivity index (χ1v) is 9.43. The molecule has 1 fully saturated rings. The Morgan fingerprint density at radius 2 is 1.96 bits per heavy atom. The third-order valence-electron chi connectivity index (χ3n) is 4.17. The Morgan fingerprint density at radius 1 is 1.32 bits per heavy atom. The van der Waals surface area contributed by atoms with Gasteiger partial charge in [-0.1, -0.05) is 0 Å². The summed E-state index contributed by atoms with van der Waals surface area (Å²) in [5, 5.41) is 2.84. The summed E-state index contributed by atoms with van der Waals surface area (Å²) < 4.78 is 13.5. The molecule has 1 aromatic rings. The maximum Gasteiger partial charge on any atom is 0.407 e. The summed E-state index contributed by atoms with van der Waals surface area (Å²) in [7, 11) is 1.71. The van der Waals surface area contributed by atoms with E-state index in [2.05, 4.69) is 21.2 Å². The van der Waals surface area contributed by atoms with Crippen molar-refractivity contribution >= 4 is 22.0 Å². The van der Waals surface area contributed by atoms with Gasteiger partial charge in [-0.25, -0.2) is 4.79 Å². The number of halogens is 1. The summed E-state index contributed by atoms with van der Waals surface area (Å²) in [5.41, 5.74) is -0.566. The molecule has 1 amide bonds. The predicted octanol–water partition coefficient (Wildman–Crippen LogP) is 3.61. The molecule has 25 heavy (non-hydrogen) atoms. The SMILES string of the molecule is Cn1cc(Br)c(OC2CCC(CNC(=O)OC(C)(C)C)CC2)cc1=O. The van der Waals surface area contributed by atoms with Crippen LogP contribution in [0.3, 0.4) is 0 Å². The minimum absolute atomic E-state index is 0.0894. The number of amides is 1. The van der Waals surface area contributed by atoms with E-state index in [9.17, 15) is 9.59 Å². The predicted molar refractivity (Wildman–Crippen MR) is 100.0 cm³/mol. The molecule has 0 spiro atoms. The van der Waals surface area contributed by atoms with Crippen LogP contribution < -0.4 is 15.6 Å². The van der Waals surface area contributed by atoms with E-state index >= 15 is 0 Å². The van der Waals surface area contributed by atoms with E-state index in [0.29, 0.717) is 18.2 Å². The van der Waals surface area contributed by atoms with Crippen LogP contribution >= 0.6 is 15.9 Å². The van der Waals surface area contributed by atoms with Gasteiger partial charge in [-0.2, -0.15) is 0 Å². The van der Waals surface area contributed by atoms with Crippen LogP contribution in [-0.4, -0.2) is 28.9 Å². The highest BCUT2D eigenvalue weighted by atomic mass is 79.9. The highest BCUT2D eigenvalue weighted by Gasteiger charge is 2.24. The smallest absolute Gasteiger partial charge is 0.407 e. The van der Waals surface area contributed by atoms with Crippen LogP contribution in [-0.2, 0) is 11.8 Å². The minimum atomic E-state index is -0.476. The molecule has 1 heterocycles. The number of alkyl carbamates (subject to hydrolysis) is 1. The lowest BCUT2D eigenvalue weighted by molar-refractivity contribution is 0.0508. The number of carbonyl (C=O) groups is 1. The van der Waals surface area contributed by atoms with Crippen LogP contribution in [0.25, 0.3) is 0 Å². The maximum atomic E-state index is 11.7. The summed E-state index contributed by atoms with van der Waals surface area (Å²) in [6, 6.07) is 1.51. The highest BCUT2D eigenvalue weighted by molar-refractivity contribution is 9.10. The van der Waals surface area contributed by atoms with Crippen molar-refractivity contribution in [2.45, 2.75) is 58.2 Å². The highest BCUT2D eigenvalue weighted by Crippen LogP contribution is 2.30. The molecule has 0 radical (unpaired) electrons. The van der Waals surface area contributed by atoms with Crippen molar-refractivity contribution in [2.75, 3.05) is 6.54 Å². The molecule has 0 aromatic carbocycles. The van der Waals surface area contributed by atoms with Gasteiger partial charge in [0.25, 0.3) is 5.56 Å². The zero-order valence-electron chi connectivity index (χ0n) is 15.3. The van der Waals surface area contributed by atoms with Gasteiger partial charge in [0.2, 0.25) is 0 Å². The summed E-state index contributed by atoms with van der Waals surface area (Å²) in [4.78, 5) is 23.5. The van der Waals surface area contributed by atoms with Crippen LogP contribution in [0.2, 0.25) is 0 Å². The summed E-state index contributed by atoms with van der Waals surface area (Å²) in [6.45, 7) is 6.18. The Bertz CT molecular complexity index is 658. The molecule has 0 unspecified atom stereocenters. The van der Waals surface area contributed by atoms with E-state index in [1.807, 2.05) is 20.8 Å². The van der Waals surface area contributed by atoms with Gasteiger partial charge >= 0.3 is 6.09 Å². The molecular formula is C18H27BrN2O4. The molecule has 6 nitrogen and oxygen atoms in total. The van der Waals surface area contributed by atoms with Crippen molar-refractivity contribution < 1.29 is 14.3 Å². The zero-order valence-corrected chi connectivity index (χ0v) is 16.9. The van der Waals surface area contributed by atoms with E-state index in [1.54, 1.807) is 13.2 Å². The molecule has 0 atom stereocenters. The Kier molecular flexibility index (Phi) is 6.54. The second-order valence-corrected chi connectivity index (χ2v) is 8.43. The molecular weight excluding hydrogens is 388 g/mol. The van der Waals surface area contributed by atoms with Gasteiger partial charge < -0.3 is 19.4 Å². The fourth-order valence-electron chi connectivity index (χ4n) is 2.85. The van der Waals surface area contributed by atoms with Gasteiger partial charge in [-0.15, -0.1) is 0 Å². The number of hydrogen-bond acceptors (Lipinski definition) is 4. The number of aromatic nitrogens is 1. The van der Waals surface area contributed by atoms with Gasteiger partial charge in [0, 0.05) is 25.9 Å². The molecule has 1 saturated carbocycles. The summed E-state index contributed by atoms with van der Waals surface area (Å²) in [6.07, 6.45) is 5.21. The van der Waals surface area contributed by atoms with Crippen LogP contribution in [0.1, 0.15) is 46.5 Å². The number of hydrogen-bond donors (Lipinski definition) is 1. The average molecular weight is 415 g/mol. The normalized spacial score (nSPS) is 20.8. The molecule has 2 rings (SSSR count). The largest absolute Gasteiger partial charge is 0.489 e. The zero-order chi connectivity index (χ0) is 18.6. The van der Waals surface area contributed by atoms with Crippen molar-refractivity contribution in [1.29, 1.82) is 0 Å². The number of pyridine rings is 1. The lowest BCUT2D eigenvalue weighted by atomic mass is 9.87. The van der Waals surface area contributed by atoms with E-state index in [1.165, 1.54) is 10.6 Å². The molecule has 1 aliphatic carbocycles. The van der Waals surface area contributed by atoms with Crippen molar-refractivity contribution in [1.82, 2.24) is 9.88 Å². The quantitative estimate of drug-likeness (QED) is 0.816. The molecule has 140 valence electrons. The fraction of sp³-hybridized carbons (Fsp3) is 0.667. The minimum Gasteiger partial charge on any atom is -0.489 e. The van der Waals surface area contributed by atoms with Gasteiger partial charge in [0.05, 0.1) is 10.6 Å². The van der Waals surface area contributed by atoms with E-state index in [4.69, 9.17) is 9.47 Å². The molecule has 0 bridgehead atoms. The molecule has 1 aromatic heterocycles. The summed E-state index contributed by atoms with van der Waals surface area (Å²) >= 11 is 3.44. The Morgan fingerprint density at radius 3 is 2.56 bits per heavy atom. The second kappa shape index (κ2) is 8.25. The van der Waals surface area contributed by atoms with E-state index < -0.39 is 5.60 Å². The van der Waals surface area contributed by atoms with Crippen LogP contribution in [0.15, 0.2) is 21.5 Å². The van der Waals surface area contributed by atoms with Gasteiger partial charge in [0.1, 0.15) is 11.4 Å². The standard InChI is InChI=1S/C18H27BrN2O4/c1-18(2,3)25-17(23)20-10-12-5-7-13(8-6-12)24-15-9-16(22)21(4)11-14(15)19/h9,11-13H,5-8,10H2,1-4H3,(H,20,23). The molecule has 1 N–H and O–H groups in total. The van der Waals surface area contributed by atoms with Crippen molar-refractivity contribution in [3.63, 3.8) is 0 Å². The first-order valence-electron chi connectivity index (χ1n) is 8.64. The van der Waals surface area contributed by atoms with Gasteiger partial charge in [0.15, 0.2) is 0 Å². The second-order valence-electron chi connectivity index (χ2n) is 7.58. The fourth-order valence-corrected chi connectivity index (χ4v) is 3.36. The van der Waals surface area contributed by atoms with Crippen LogP contribution in [0, 0.1) is 5.92 Å². The Hall–Kier alpha value is -1.50. The number of aryl methyl sites for hydroxylation is 1. The number of ether oxygens (including phenoxy) is 2. The number of nitrogens with zero attached hydrogens (tertiary/aromatic N) is 1. The van der Waals surface area contributed by atoms with Gasteiger partial charge in [-0.3, -0.25) is 4.79 Å². The Labute approximate surface area is 157 Å². The lowest BCUT2D eigenvalue weighted by Crippen LogP contribution is -2.37. The number of nitrogens with one attached hydrogen (secondary N) is 1. The third-order valence-corrected chi connectivity index (χ3v) is 4.76. The molecule has 1 aliphatic rings. The number of rotatable bonds is 4. The number of carbonyl (C=O) groups excluding carboxylic acids is 1. The molecule has 7 heteroatoms. The first-order chi connectivity index (χ1) is 11.6. The van der Waals surface area contributed by atoms with Crippen LogP contribution in [0.5, 0.6) is 5.75 Å². The van der Waals surface area contributed by atoms with Gasteiger partial charge in [-0.05, 0) is 68.3 Å². The third kappa shape index (κ3) is 6.38. The average Bonchev–Trinajstić information content (AvgIpc) is 2.50. The monoisotopic (exact) mass is 414 g/mol. The van der Waals surface area contributed by atoms with E-state index in [0.717, 1.165) is 30.2 Å². The van der Waals surface area contributed by atoms with Crippen LogP contribution in [0.4, 0.5) is 4.79 Å². The van der Waals surface area contributed by atoms with E-state index in [-0.39, 0.29) is 17.8 Å². The van der Waals surface area contributed by atoms with Crippen molar-refractivity contribution in [2.24, 2.45) is 13.0 Å². The molecule has 0 saturated heterocycles. The topological polar surface area (TPSA) is 69.6 Å². The van der Waals surface area contributed by atoms with Crippen molar-refractivity contribution in [3.05, 3.63) is 27.1 Å². The van der Waals surface area contributed by atoms with Crippen molar-refractivity contribution in [3.8, 4) is 5.75 Å². The molecule has 0 aliphatic heterocycles. The Balaban J connectivity index is 1.77. The summed E-state index contributed by atoms with van der Waals surface area (Å²) in [5.74, 6) is 1.03. The maximum absolute atomic E-state index is 11.7. The lowest BCUT2D eigenvalue weighted by Gasteiger charge is -2.29.